The molecular formula is C10H22N2. The standard InChI is InChI=1S/C10H22N2/c1-5-10(6-7-11-10)8-12(4)9(2)3/h9,11H,5-8H2,1-4H3. The van der Waals surface area contributed by atoms with E-state index in [0.717, 1.165) is 0 Å². The van der Waals surface area contributed by atoms with Crippen LogP contribution in [0, 0.1) is 0 Å². The van der Waals surface area contributed by atoms with E-state index in [1.54, 1.807) is 0 Å². The molecule has 0 spiro atoms. The van der Waals surface area contributed by atoms with Crippen molar-refractivity contribution in [1.82, 2.24) is 10.2 Å². The quantitative estimate of drug-likeness (QED) is 0.687. The van der Waals surface area contributed by atoms with Crippen LogP contribution in [-0.2, 0) is 0 Å². The van der Waals surface area contributed by atoms with E-state index in [1.807, 2.05) is 0 Å². The summed E-state index contributed by atoms with van der Waals surface area (Å²) in [4.78, 5) is 2.43. The van der Waals surface area contributed by atoms with E-state index in [4.69, 9.17) is 0 Å². The predicted octanol–water partition coefficient (Wildman–Crippen LogP) is 1.47. The van der Waals surface area contributed by atoms with Gasteiger partial charge in [-0.3, -0.25) is 0 Å². The molecule has 0 bridgehead atoms. The normalized spacial score (nSPS) is 29.5. The Bertz CT molecular complexity index is 133. The van der Waals surface area contributed by atoms with Crippen molar-refractivity contribution in [2.75, 3.05) is 20.1 Å². The Kier molecular flexibility index (Phi) is 3.13. The third kappa shape index (κ3) is 1.99. The molecule has 72 valence electrons. The zero-order valence-corrected chi connectivity index (χ0v) is 8.85. The van der Waals surface area contributed by atoms with Crippen LogP contribution >= 0.6 is 0 Å². The second kappa shape index (κ2) is 3.75. The number of nitrogens with zero attached hydrogens (tertiary/aromatic N) is 1. The molecule has 1 aliphatic heterocycles. The van der Waals surface area contributed by atoms with Crippen LogP contribution in [0.5, 0.6) is 0 Å². The van der Waals surface area contributed by atoms with Crippen LogP contribution in [0.3, 0.4) is 0 Å². The van der Waals surface area contributed by atoms with Gasteiger partial charge in [-0.25, -0.2) is 0 Å². The first-order valence-electron chi connectivity index (χ1n) is 5.05. The predicted molar refractivity (Wildman–Crippen MR) is 53.4 cm³/mol. The third-order valence-electron chi connectivity index (χ3n) is 3.21. The fourth-order valence-electron chi connectivity index (χ4n) is 1.69. The van der Waals surface area contributed by atoms with Gasteiger partial charge in [0.05, 0.1) is 0 Å². The maximum absolute atomic E-state index is 3.55. The summed E-state index contributed by atoms with van der Waals surface area (Å²) in [5, 5.41) is 3.55. The first-order chi connectivity index (χ1) is 5.59. The fourth-order valence-corrected chi connectivity index (χ4v) is 1.69. The summed E-state index contributed by atoms with van der Waals surface area (Å²) in [6.07, 6.45) is 2.60. The van der Waals surface area contributed by atoms with Gasteiger partial charge in [0.15, 0.2) is 0 Å². The van der Waals surface area contributed by atoms with E-state index in [1.165, 1.54) is 25.9 Å². The fraction of sp³-hybridized carbons (Fsp3) is 1.00. The Morgan fingerprint density at radius 3 is 2.33 bits per heavy atom. The number of rotatable bonds is 4. The van der Waals surface area contributed by atoms with E-state index >= 15 is 0 Å². The third-order valence-corrected chi connectivity index (χ3v) is 3.21. The summed E-state index contributed by atoms with van der Waals surface area (Å²) < 4.78 is 0. The molecule has 1 atom stereocenters. The van der Waals surface area contributed by atoms with E-state index in [9.17, 15) is 0 Å². The highest BCUT2D eigenvalue weighted by Gasteiger charge is 2.35. The van der Waals surface area contributed by atoms with Gasteiger partial charge in [0.25, 0.3) is 0 Å². The van der Waals surface area contributed by atoms with Gasteiger partial charge >= 0.3 is 0 Å². The SMILES string of the molecule is CCC1(CN(C)C(C)C)CCN1. The van der Waals surface area contributed by atoms with Crippen LogP contribution in [0.15, 0.2) is 0 Å². The van der Waals surface area contributed by atoms with Crippen molar-refractivity contribution in [3.8, 4) is 0 Å². The molecular weight excluding hydrogens is 148 g/mol. The second-order valence-electron chi connectivity index (χ2n) is 4.32. The molecule has 0 radical (unpaired) electrons. The molecule has 0 saturated carbocycles. The lowest BCUT2D eigenvalue weighted by Crippen LogP contribution is -2.62. The summed E-state index contributed by atoms with van der Waals surface area (Å²) in [7, 11) is 2.21. The largest absolute Gasteiger partial charge is 0.310 e. The summed E-state index contributed by atoms with van der Waals surface area (Å²) in [6.45, 7) is 9.19. The molecule has 2 heteroatoms. The van der Waals surface area contributed by atoms with E-state index in [0.29, 0.717) is 11.6 Å². The van der Waals surface area contributed by atoms with Crippen molar-refractivity contribution < 1.29 is 0 Å². The lowest BCUT2D eigenvalue weighted by molar-refractivity contribution is 0.116. The molecule has 0 aromatic heterocycles. The van der Waals surface area contributed by atoms with Crippen LogP contribution in [-0.4, -0.2) is 36.6 Å². The Hall–Kier alpha value is -0.0800. The Labute approximate surface area is 76.3 Å². The molecule has 1 N–H and O–H groups in total. The Morgan fingerprint density at radius 2 is 2.08 bits per heavy atom. The molecule has 0 aliphatic carbocycles. The molecule has 1 rings (SSSR count). The van der Waals surface area contributed by atoms with Crippen molar-refractivity contribution in [1.29, 1.82) is 0 Å². The highest BCUT2D eigenvalue weighted by atomic mass is 15.2. The number of hydrogen-bond acceptors (Lipinski definition) is 2. The highest BCUT2D eigenvalue weighted by Crippen LogP contribution is 2.23. The van der Waals surface area contributed by atoms with Crippen LogP contribution < -0.4 is 5.32 Å². The zero-order chi connectivity index (χ0) is 9.19. The topological polar surface area (TPSA) is 15.3 Å². The number of likely N-dealkylation sites (N-methyl/N-ethyl adjacent to an activating group) is 1. The molecule has 0 amide bonds. The van der Waals surface area contributed by atoms with Gasteiger partial charge in [0.2, 0.25) is 0 Å². The first kappa shape index (κ1) is 10.0. The average molecular weight is 170 g/mol. The molecule has 1 saturated heterocycles. The minimum atomic E-state index is 0.443. The summed E-state index contributed by atoms with van der Waals surface area (Å²) in [5.41, 5.74) is 0.443. The molecule has 1 fully saturated rings. The molecule has 1 heterocycles. The van der Waals surface area contributed by atoms with Crippen molar-refractivity contribution in [3.05, 3.63) is 0 Å². The van der Waals surface area contributed by atoms with Crippen molar-refractivity contribution in [2.24, 2.45) is 0 Å². The monoisotopic (exact) mass is 170 g/mol. The number of hydrogen-bond donors (Lipinski definition) is 1. The van der Waals surface area contributed by atoms with Gasteiger partial charge in [-0.05, 0) is 40.3 Å². The van der Waals surface area contributed by atoms with Crippen LogP contribution in [0.1, 0.15) is 33.6 Å². The van der Waals surface area contributed by atoms with Gasteiger partial charge in [-0.15, -0.1) is 0 Å². The number of nitrogens with one attached hydrogen (secondary N) is 1. The second-order valence-corrected chi connectivity index (χ2v) is 4.32. The highest BCUT2D eigenvalue weighted by molar-refractivity contribution is 4.97. The van der Waals surface area contributed by atoms with Gasteiger partial charge in [0, 0.05) is 18.1 Å². The van der Waals surface area contributed by atoms with E-state index < -0.39 is 0 Å². The van der Waals surface area contributed by atoms with Crippen LogP contribution in [0.4, 0.5) is 0 Å². The maximum atomic E-state index is 3.55. The molecule has 2 nitrogen and oxygen atoms in total. The van der Waals surface area contributed by atoms with Gasteiger partial charge < -0.3 is 10.2 Å². The first-order valence-corrected chi connectivity index (χ1v) is 5.05. The van der Waals surface area contributed by atoms with Crippen molar-refractivity contribution in [3.63, 3.8) is 0 Å². The Morgan fingerprint density at radius 1 is 1.50 bits per heavy atom. The molecule has 12 heavy (non-hydrogen) atoms. The lowest BCUT2D eigenvalue weighted by atomic mass is 9.84. The maximum Gasteiger partial charge on any atom is 0.0318 e. The minimum absolute atomic E-state index is 0.443. The minimum Gasteiger partial charge on any atom is -0.310 e. The molecule has 1 aliphatic rings. The Balaban J connectivity index is 2.37. The van der Waals surface area contributed by atoms with Gasteiger partial charge in [0.1, 0.15) is 0 Å². The molecule has 0 aromatic rings. The van der Waals surface area contributed by atoms with Crippen LogP contribution in [0.2, 0.25) is 0 Å². The van der Waals surface area contributed by atoms with Gasteiger partial charge in [-0.2, -0.15) is 0 Å². The van der Waals surface area contributed by atoms with Crippen molar-refractivity contribution >= 4 is 0 Å². The van der Waals surface area contributed by atoms with Crippen molar-refractivity contribution in [2.45, 2.75) is 45.2 Å². The molecule has 0 aromatic carbocycles. The molecule has 1 unspecified atom stereocenters. The van der Waals surface area contributed by atoms with Crippen LogP contribution in [0.25, 0.3) is 0 Å². The summed E-state index contributed by atoms with van der Waals surface area (Å²) in [6, 6.07) is 0.663. The summed E-state index contributed by atoms with van der Waals surface area (Å²) in [5.74, 6) is 0. The summed E-state index contributed by atoms with van der Waals surface area (Å²) >= 11 is 0. The average Bonchev–Trinajstić information content (AvgIpc) is 1.96. The van der Waals surface area contributed by atoms with E-state index in [2.05, 4.69) is 38.0 Å². The lowest BCUT2D eigenvalue weighted by Gasteiger charge is -2.46. The smallest absolute Gasteiger partial charge is 0.0318 e. The van der Waals surface area contributed by atoms with Gasteiger partial charge in [-0.1, -0.05) is 6.92 Å². The zero-order valence-electron chi connectivity index (χ0n) is 8.85. The van der Waals surface area contributed by atoms with E-state index in [-0.39, 0.29) is 0 Å².